The summed E-state index contributed by atoms with van der Waals surface area (Å²) in [6.45, 7) is 0. The Morgan fingerprint density at radius 3 is 2.08 bits per heavy atom. The fourth-order valence-electron chi connectivity index (χ4n) is 5.58. The van der Waals surface area contributed by atoms with Crippen molar-refractivity contribution in [3.8, 4) is 22.6 Å². The van der Waals surface area contributed by atoms with Crippen LogP contribution in [0.5, 0.6) is 11.5 Å². The highest BCUT2D eigenvalue weighted by atomic mass is 16.5. The van der Waals surface area contributed by atoms with Crippen molar-refractivity contribution in [3.63, 3.8) is 0 Å². The van der Waals surface area contributed by atoms with Gasteiger partial charge in [0.05, 0.1) is 31.6 Å². The van der Waals surface area contributed by atoms with Gasteiger partial charge in [0.2, 0.25) is 0 Å². The van der Waals surface area contributed by atoms with Gasteiger partial charge in [-0.15, -0.1) is 0 Å². The maximum absolute atomic E-state index is 13.9. The van der Waals surface area contributed by atoms with Gasteiger partial charge in [-0.1, -0.05) is 72.8 Å². The number of anilines is 2. The zero-order chi connectivity index (χ0) is 26.1. The topological polar surface area (TPSA) is 59.6 Å². The summed E-state index contributed by atoms with van der Waals surface area (Å²) in [6, 6.07) is 32.7. The number of para-hydroxylation sites is 2. The molecule has 1 aliphatic carbocycles. The summed E-state index contributed by atoms with van der Waals surface area (Å²) in [5, 5.41) is 7.29. The third-order valence-corrected chi connectivity index (χ3v) is 7.54. The van der Waals surface area contributed by atoms with Gasteiger partial charge >= 0.3 is 0 Å². The molecule has 4 aromatic rings. The minimum atomic E-state index is -0.246. The Hall–Kier alpha value is -4.51. The number of ketones is 1. The van der Waals surface area contributed by atoms with E-state index in [0.717, 1.165) is 45.8 Å². The Morgan fingerprint density at radius 2 is 1.34 bits per heavy atom. The molecule has 0 bridgehead atoms. The van der Waals surface area contributed by atoms with E-state index in [1.165, 1.54) is 5.56 Å². The molecule has 1 aliphatic heterocycles. The predicted molar refractivity (Wildman–Crippen MR) is 152 cm³/mol. The fraction of sp³-hybridized carbons (Fsp3) is 0.182. The summed E-state index contributed by atoms with van der Waals surface area (Å²) in [5.74, 6) is 1.55. The van der Waals surface area contributed by atoms with Crippen molar-refractivity contribution < 1.29 is 14.3 Å². The van der Waals surface area contributed by atoms with E-state index in [4.69, 9.17) is 9.47 Å². The van der Waals surface area contributed by atoms with E-state index in [9.17, 15) is 4.79 Å². The molecular weight excluding hydrogens is 472 g/mol. The molecule has 5 heteroatoms. The van der Waals surface area contributed by atoms with Crippen LogP contribution in [0.3, 0.4) is 0 Å². The van der Waals surface area contributed by atoms with Gasteiger partial charge in [-0.05, 0) is 58.9 Å². The van der Waals surface area contributed by atoms with E-state index in [2.05, 4.69) is 59.2 Å². The summed E-state index contributed by atoms with van der Waals surface area (Å²) >= 11 is 0. The number of Topliss-reactive ketones (excluding diaryl/α,β-unsaturated/α-hetero) is 1. The van der Waals surface area contributed by atoms with Crippen LogP contribution in [0, 0.1) is 0 Å². The van der Waals surface area contributed by atoms with Crippen LogP contribution in [0.2, 0.25) is 0 Å². The molecule has 0 saturated carbocycles. The monoisotopic (exact) mass is 502 g/mol. The minimum Gasteiger partial charge on any atom is -0.493 e. The van der Waals surface area contributed by atoms with Gasteiger partial charge in [0, 0.05) is 17.7 Å². The Kier molecular flexibility index (Phi) is 6.34. The van der Waals surface area contributed by atoms with E-state index in [0.29, 0.717) is 17.9 Å². The molecule has 190 valence electrons. The molecule has 6 rings (SSSR count). The highest BCUT2D eigenvalue weighted by molar-refractivity contribution is 6.01. The van der Waals surface area contributed by atoms with Gasteiger partial charge in [-0.3, -0.25) is 4.79 Å². The maximum Gasteiger partial charge on any atom is 0.163 e. The van der Waals surface area contributed by atoms with Crippen LogP contribution < -0.4 is 20.1 Å². The first-order valence-corrected chi connectivity index (χ1v) is 12.9. The van der Waals surface area contributed by atoms with Crippen molar-refractivity contribution >= 4 is 17.2 Å². The minimum absolute atomic E-state index is 0.0416. The number of hydrogen-bond donors (Lipinski definition) is 2. The average molecular weight is 503 g/mol. The summed E-state index contributed by atoms with van der Waals surface area (Å²) < 4.78 is 11.0. The lowest BCUT2D eigenvalue weighted by atomic mass is 9.78. The Morgan fingerprint density at radius 1 is 0.684 bits per heavy atom. The van der Waals surface area contributed by atoms with Crippen LogP contribution in [0.1, 0.15) is 35.9 Å². The molecule has 0 unspecified atom stereocenters. The predicted octanol–water partition coefficient (Wildman–Crippen LogP) is 7.35. The molecule has 38 heavy (non-hydrogen) atoms. The molecule has 0 aromatic heterocycles. The maximum atomic E-state index is 13.9. The van der Waals surface area contributed by atoms with Gasteiger partial charge in [0.15, 0.2) is 17.3 Å². The Balaban J connectivity index is 1.39. The normalized spacial score (nSPS) is 18.4. The summed E-state index contributed by atoms with van der Waals surface area (Å²) in [5.41, 5.74) is 8.19. The molecular formula is C33H30N2O3. The van der Waals surface area contributed by atoms with E-state index in [-0.39, 0.29) is 17.7 Å². The molecule has 2 aliphatic rings. The van der Waals surface area contributed by atoms with Gasteiger partial charge in [-0.25, -0.2) is 0 Å². The van der Waals surface area contributed by atoms with Crippen LogP contribution in [0.15, 0.2) is 108 Å². The van der Waals surface area contributed by atoms with Gasteiger partial charge < -0.3 is 20.1 Å². The van der Waals surface area contributed by atoms with E-state index < -0.39 is 0 Å². The first-order chi connectivity index (χ1) is 18.6. The van der Waals surface area contributed by atoms with Crippen molar-refractivity contribution in [3.05, 3.63) is 119 Å². The number of methoxy groups -OCH3 is 2. The third-order valence-electron chi connectivity index (χ3n) is 7.54. The zero-order valence-corrected chi connectivity index (χ0v) is 21.5. The second kappa shape index (κ2) is 10.1. The molecule has 2 atom stereocenters. The van der Waals surface area contributed by atoms with E-state index >= 15 is 0 Å². The summed E-state index contributed by atoms with van der Waals surface area (Å²) in [6.07, 6.45) is 1.16. The number of carbonyl (C=O) groups excluding carboxylic acids is 1. The standard InChI is InChI=1S/C33H30N2O3/c1-37-30-17-16-24(20-31(30)38-2)25-18-28-32(29(36)19-25)33(35-27-11-7-6-10-26(27)34-28)23-14-12-22(13-15-23)21-8-4-3-5-9-21/h3-17,20,25,33-35H,18-19H2,1-2H3/t25-,33+/m0/s1. The quantitative estimate of drug-likeness (QED) is 0.299. The molecule has 1 heterocycles. The number of ether oxygens (including phenoxy) is 2. The lowest BCUT2D eigenvalue weighted by Gasteiger charge is -2.30. The second-order valence-electron chi connectivity index (χ2n) is 9.77. The molecule has 2 N–H and O–H groups in total. The second-order valence-corrected chi connectivity index (χ2v) is 9.77. The van der Waals surface area contributed by atoms with Gasteiger partial charge in [0.25, 0.3) is 0 Å². The Bertz CT molecular complexity index is 1510. The molecule has 0 spiro atoms. The largest absolute Gasteiger partial charge is 0.493 e. The van der Waals surface area contributed by atoms with Crippen molar-refractivity contribution in [1.29, 1.82) is 0 Å². The lowest BCUT2D eigenvalue weighted by molar-refractivity contribution is -0.116. The molecule has 5 nitrogen and oxygen atoms in total. The van der Waals surface area contributed by atoms with Crippen LogP contribution in [-0.4, -0.2) is 20.0 Å². The molecule has 0 fully saturated rings. The van der Waals surface area contributed by atoms with Gasteiger partial charge in [-0.2, -0.15) is 0 Å². The van der Waals surface area contributed by atoms with Crippen LogP contribution in [0.4, 0.5) is 11.4 Å². The first kappa shape index (κ1) is 23.9. The number of rotatable bonds is 5. The van der Waals surface area contributed by atoms with E-state index in [1.807, 2.05) is 48.5 Å². The molecule has 0 radical (unpaired) electrons. The number of nitrogens with one attached hydrogen (secondary N) is 2. The van der Waals surface area contributed by atoms with Crippen molar-refractivity contribution in [2.45, 2.75) is 24.8 Å². The number of benzene rings is 4. The third kappa shape index (κ3) is 4.41. The number of allylic oxidation sites excluding steroid dienone is 1. The zero-order valence-electron chi connectivity index (χ0n) is 21.5. The summed E-state index contributed by atoms with van der Waals surface area (Å²) in [7, 11) is 3.27. The SMILES string of the molecule is COc1ccc([C@@H]2CC(=O)C3=C(C2)Nc2ccccc2N[C@@H]3c2ccc(-c3ccccc3)cc2)cc1OC. The summed E-state index contributed by atoms with van der Waals surface area (Å²) in [4.78, 5) is 13.9. The number of fused-ring (bicyclic) bond motifs is 1. The number of carbonyl (C=O) groups is 1. The molecule has 0 saturated heterocycles. The average Bonchev–Trinajstić information content (AvgIpc) is 3.14. The van der Waals surface area contributed by atoms with E-state index in [1.54, 1.807) is 14.2 Å². The molecule has 4 aromatic carbocycles. The Labute approximate surface area is 223 Å². The fourth-order valence-corrected chi connectivity index (χ4v) is 5.58. The smallest absolute Gasteiger partial charge is 0.163 e. The highest BCUT2D eigenvalue weighted by Crippen LogP contribution is 2.45. The number of hydrogen-bond acceptors (Lipinski definition) is 5. The van der Waals surface area contributed by atoms with Crippen LogP contribution >= 0.6 is 0 Å². The van der Waals surface area contributed by atoms with Crippen molar-refractivity contribution in [2.75, 3.05) is 24.9 Å². The first-order valence-electron chi connectivity index (χ1n) is 12.9. The van der Waals surface area contributed by atoms with Crippen LogP contribution in [-0.2, 0) is 4.79 Å². The van der Waals surface area contributed by atoms with Gasteiger partial charge in [0.1, 0.15) is 0 Å². The highest BCUT2D eigenvalue weighted by Gasteiger charge is 2.36. The molecule has 0 amide bonds. The lowest BCUT2D eigenvalue weighted by Crippen LogP contribution is -2.26. The van der Waals surface area contributed by atoms with Crippen molar-refractivity contribution in [1.82, 2.24) is 0 Å². The van der Waals surface area contributed by atoms with Crippen LogP contribution in [0.25, 0.3) is 11.1 Å². The van der Waals surface area contributed by atoms with Crippen molar-refractivity contribution in [2.24, 2.45) is 0 Å².